The lowest BCUT2D eigenvalue weighted by Crippen LogP contribution is -2.20. The number of benzene rings is 3. The summed E-state index contributed by atoms with van der Waals surface area (Å²) in [5.74, 6) is -0.0939. The first-order chi connectivity index (χ1) is 15.9. The predicted octanol–water partition coefficient (Wildman–Crippen LogP) is 4.75. The third-order valence-corrected chi connectivity index (χ3v) is 4.88. The molecule has 0 saturated heterocycles. The topological polar surface area (TPSA) is 89.0 Å². The van der Waals surface area contributed by atoms with E-state index in [4.69, 9.17) is 21.1 Å². The van der Waals surface area contributed by atoms with E-state index in [0.717, 1.165) is 11.1 Å². The van der Waals surface area contributed by atoms with Crippen LogP contribution in [-0.4, -0.2) is 31.7 Å². The van der Waals surface area contributed by atoms with E-state index < -0.39 is 0 Å². The second kappa shape index (κ2) is 11.2. The van der Waals surface area contributed by atoms with Crippen LogP contribution in [-0.2, 0) is 4.79 Å². The molecule has 0 spiro atoms. The molecule has 0 bridgehead atoms. The van der Waals surface area contributed by atoms with Crippen molar-refractivity contribution in [1.29, 1.82) is 0 Å². The fourth-order valence-electron chi connectivity index (χ4n) is 2.95. The number of hydrogen-bond acceptors (Lipinski definition) is 5. The molecule has 0 unspecified atom stereocenters. The lowest BCUT2D eigenvalue weighted by Gasteiger charge is -2.13. The highest BCUT2D eigenvalue weighted by Crippen LogP contribution is 2.36. The van der Waals surface area contributed by atoms with Crippen LogP contribution in [0.4, 0.5) is 5.69 Å². The molecule has 3 aromatic carbocycles. The number of anilines is 1. The third-order valence-electron chi connectivity index (χ3n) is 4.59. The molecule has 0 radical (unpaired) electrons. The van der Waals surface area contributed by atoms with Crippen LogP contribution in [0.25, 0.3) is 0 Å². The first-order valence-corrected chi connectivity index (χ1v) is 10.5. The molecule has 0 aliphatic carbocycles. The Balaban J connectivity index is 1.62. The molecule has 2 amide bonds. The highest BCUT2D eigenvalue weighted by molar-refractivity contribution is 6.32. The summed E-state index contributed by atoms with van der Waals surface area (Å²) in [7, 11) is 1.46. The number of aryl methyl sites for hydroxylation is 2. The average Bonchev–Trinajstić information content (AvgIpc) is 2.78. The van der Waals surface area contributed by atoms with Crippen LogP contribution >= 0.6 is 11.6 Å². The van der Waals surface area contributed by atoms with Gasteiger partial charge in [0.2, 0.25) is 0 Å². The van der Waals surface area contributed by atoms with Gasteiger partial charge in [0.15, 0.2) is 18.1 Å². The summed E-state index contributed by atoms with van der Waals surface area (Å²) in [6.45, 7) is 3.64. The summed E-state index contributed by atoms with van der Waals surface area (Å²) in [6, 6.07) is 17.8. The van der Waals surface area contributed by atoms with Crippen molar-refractivity contribution in [3.8, 4) is 11.5 Å². The second-order valence-electron chi connectivity index (χ2n) is 7.31. The summed E-state index contributed by atoms with van der Waals surface area (Å²) in [5.41, 5.74) is 6.33. The largest absolute Gasteiger partial charge is 0.493 e. The molecule has 0 saturated carbocycles. The van der Waals surface area contributed by atoms with E-state index in [1.54, 1.807) is 30.3 Å². The Labute approximate surface area is 197 Å². The monoisotopic (exact) mass is 465 g/mol. The number of rotatable bonds is 8. The number of halogens is 1. The van der Waals surface area contributed by atoms with E-state index in [-0.39, 0.29) is 29.2 Å². The molecule has 33 heavy (non-hydrogen) atoms. The minimum atomic E-state index is -0.330. The SMILES string of the molecule is COc1cc(/C=N/NC(=O)c2ccc(C)cc2)cc(Cl)c1OCC(=O)Nc1cccc(C)c1. The molecule has 0 aliphatic heterocycles. The van der Waals surface area contributed by atoms with E-state index in [1.807, 2.05) is 44.2 Å². The van der Waals surface area contributed by atoms with Crippen LogP contribution in [0, 0.1) is 13.8 Å². The summed E-state index contributed by atoms with van der Waals surface area (Å²) < 4.78 is 11.0. The third kappa shape index (κ3) is 6.82. The Bertz CT molecular complexity index is 1180. The Morgan fingerprint density at radius 3 is 2.48 bits per heavy atom. The van der Waals surface area contributed by atoms with Crippen LogP contribution in [0.3, 0.4) is 0 Å². The van der Waals surface area contributed by atoms with Crippen molar-refractivity contribution >= 4 is 35.3 Å². The van der Waals surface area contributed by atoms with Gasteiger partial charge in [-0.25, -0.2) is 5.43 Å². The molecule has 2 N–H and O–H groups in total. The first kappa shape index (κ1) is 23.8. The molecule has 0 aliphatic rings. The predicted molar refractivity (Wildman–Crippen MR) is 130 cm³/mol. The average molecular weight is 466 g/mol. The van der Waals surface area contributed by atoms with Crippen molar-refractivity contribution in [2.75, 3.05) is 19.0 Å². The van der Waals surface area contributed by atoms with Crippen molar-refractivity contribution in [2.45, 2.75) is 13.8 Å². The van der Waals surface area contributed by atoms with Gasteiger partial charge in [-0.2, -0.15) is 5.10 Å². The molecule has 0 fully saturated rings. The zero-order chi connectivity index (χ0) is 23.8. The molecule has 8 heteroatoms. The van der Waals surface area contributed by atoms with Crippen LogP contribution < -0.4 is 20.2 Å². The smallest absolute Gasteiger partial charge is 0.271 e. The Kier molecular flexibility index (Phi) is 8.05. The van der Waals surface area contributed by atoms with Crippen molar-refractivity contribution in [3.05, 3.63) is 87.9 Å². The molecular weight excluding hydrogens is 442 g/mol. The second-order valence-corrected chi connectivity index (χ2v) is 7.71. The van der Waals surface area contributed by atoms with E-state index in [1.165, 1.54) is 13.3 Å². The summed E-state index contributed by atoms with van der Waals surface area (Å²) in [4.78, 5) is 24.4. The van der Waals surface area contributed by atoms with Crippen molar-refractivity contribution in [2.24, 2.45) is 5.10 Å². The van der Waals surface area contributed by atoms with Gasteiger partial charge in [-0.15, -0.1) is 0 Å². The fourth-order valence-corrected chi connectivity index (χ4v) is 3.22. The maximum atomic E-state index is 12.2. The van der Waals surface area contributed by atoms with Crippen LogP contribution in [0.15, 0.2) is 65.8 Å². The highest BCUT2D eigenvalue weighted by Gasteiger charge is 2.14. The van der Waals surface area contributed by atoms with Gasteiger partial charge in [-0.1, -0.05) is 41.4 Å². The van der Waals surface area contributed by atoms with E-state index in [0.29, 0.717) is 22.6 Å². The van der Waals surface area contributed by atoms with Crippen molar-refractivity contribution in [3.63, 3.8) is 0 Å². The maximum Gasteiger partial charge on any atom is 0.271 e. The van der Waals surface area contributed by atoms with E-state index >= 15 is 0 Å². The minimum Gasteiger partial charge on any atom is -0.493 e. The number of nitrogens with one attached hydrogen (secondary N) is 2. The van der Waals surface area contributed by atoms with Gasteiger partial charge in [0.1, 0.15) is 0 Å². The van der Waals surface area contributed by atoms with Gasteiger partial charge in [0.05, 0.1) is 18.3 Å². The number of amides is 2. The molecule has 3 rings (SSSR count). The summed E-state index contributed by atoms with van der Waals surface area (Å²) in [6.07, 6.45) is 1.44. The molecular formula is C25H24ClN3O4. The van der Waals surface area contributed by atoms with Crippen LogP contribution in [0.1, 0.15) is 27.0 Å². The Morgan fingerprint density at radius 1 is 1.03 bits per heavy atom. The number of ether oxygens (including phenoxy) is 2. The van der Waals surface area contributed by atoms with Crippen molar-refractivity contribution < 1.29 is 19.1 Å². The highest BCUT2D eigenvalue weighted by atomic mass is 35.5. The molecule has 0 heterocycles. The standard InChI is InChI=1S/C25H24ClN3O4/c1-16-7-9-19(10-8-16)25(31)29-27-14-18-12-21(26)24(22(13-18)32-3)33-15-23(30)28-20-6-4-5-17(2)11-20/h4-14H,15H2,1-3H3,(H,28,30)(H,29,31)/b27-14+. The van der Waals surface area contributed by atoms with Gasteiger partial charge < -0.3 is 14.8 Å². The van der Waals surface area contributed by atoms with Crippen LogP contribution in [0.2, 0.25) is 5.02 Å². The quantitative estimate of drug-likeness (QED) is 0.371. The number of carbonyl (C=O) groups is 2. The summed E-state index contributed by atoms with van der Waals surface area (Å²) >= 11 is 6.34. The first-order valence-electron chi connectivity index (χ1n) is 10.1. The summed E-state index contributed by atoms with van der Waals surface area (Å²) in [5, 5.41) is 6.98. The van der Waals surface area contributed by atoms with Gasteiger partial charge in [-0.05, 0) is 61.4 Å². The zero-order valence-corrected chi connectivity index (χ0v) is 19.3. The lowest BCUT2D eigenvalue weighted by atomic mass is 10.1. The number of methoxy groups -OCH3 is 1. The molecule has 170 valence electrons. The normalized spacial score (nSPS) is 10.7. The number of hydrogen-bond donors (Lipinski definition) is 2. The van der Waals surface area contributed by atoms with Crippen molar-refractivity contribution in [1.82, 2.24) is 5.43 Å². The molecule has 0 aromatic heterocycles. The Hall–Kier alpha value is -3.84. The maximum absolute atomic E-state index is 12.2. The molecule has 0 atom stereocenters. The molecule has 7 nitrogen and oxygen atoms in total. The van der Waals surface area contributed by atoms with Gasteiger partial charge in [0.25, 0.3) is 11.8 Å². The van der Waals surface area contributed by atoms with Gasteiger partial charge >= 0.3 is 0 Å². The van der Waals surface area contributed by atoms with Gasteiger partial charge in [-0.3, -0.25) is 9.59 Å². The number of nitrogens with zero attached hydrogens (tertiary/aromatic N) is 1. The number of hydrazone groups is 1. The Morgan fingerprint density at radius 2 is 1.79 bits per heavy atom. The van der Waals surface area contributed by atoms with Crippen LogP contribution in [0.5, 0.6) is 11.5 Å². The van der Waals surface area contributed by atoms with E-state index in [2.05, 4.69) is 15.8 Å². The van der Waals surface area contributed by atoms with Gasteiger partial charge in [0, 0.05) is 11.3 Å². The zero-order valence-electron chi connectivity index (χ0n) is 18.5. The fraction of sp³-hybridized carbons (Fsp3) is 0.160. The minimum absolute atomic E-state index is 0.236. The number of carbonyl (C=O) groups excluding carboxylic acids is 2. The van der Waals surface area contributed by atoms with E-state index in [9.17, 15) is 9.59 Å². The lowest BCUT2D eigenvalue weighted by molar-refractivity contribution is -0.118. The molecule has 3 aromatic rings.